The lowest BCUT2D eigenvalue weighted by Gasteiger charge is -2.36. The van der Waals surface area contributed by atoms with Gasteiger partial charge in [-0.15, -0.1) is 5.10 Å². The summed E-state index contributed by atoms with van der Waals surface area (Å²) in [6.07, 6.45) is 1.60. The summed E-state index contributed by atoms with van der Waals surface area (Å²) >= 11 is 0. The summed E-state index contributed by atoms with van der Waals surface area (Å²) < 4.78 is 6.92. The van der Waals surface area contributed by atoms with Gasteiger partial charge in [-0.25, -0.2) is 4.98 Å². The van der Waals surface area contributed by atoms with Crippen LogP contribution in [-0.4, -0.2) is 45.8 Å². The minimum absolute atomic E-state index is 0.318. The molecular weight excluding hydrogens is 342 g/mol. The topological polar surface area (TPSA) is 88.7 Å². The van der Waals surface area contributed by atoms with E-state index >= 15 is 0 Å². The fourth-order valence-corrected chi connectivity index (χ4v) is 3.40. The molecule has 0 bridgehead atoms. The SMILES string of the molecule is Nc1nc(N2CCN(c3ccccc3)CC2)cc2nc(-c3ccco3)nn12. The summed E-state index contributed by atoms with van der Waals surface area (Å²) in [5.74, 6) is 2.25. The highest BCUT2D eigenvalue weighted by atomic mass is 16.3. The molecule has 0 unspecified atom stereocenters. The molecule has 0 radical (unpaired) electrons. The standard InChI is InChI=1S/C19H19N7O/c20-19-22-16(13-17-21-18(23-26(17)19)15-7-4-12-27-15)25-10-8-24(9-11-25)14-5-2-1-3-6-14/h1-7,12-13H,8-11H2,(H2,20,22). The number of nitrogen functional groups attached to an aromatic ring is 1. The number of piperazine rings is 1. The Bertz CT molecular complexity index is 1050. The van der Waals surface area contributed by atoms with E-state index in [9.17, 15) is 0 Å². The van der Waals surface area contributed by atoms with Crippen LogP contribution in [0.4, 0.5) is 17.5 Å². The summed E-state index contributed by atoms with van der Waals surface area (Å²) in [6, 6.07) is 16.0. The quantitative estimate of drug-likeness (QED) is 0.599. The first-order valence-corrected chi connectivity index (χ1v) is 8.90. The smallest absolute Gasteiger partial charge is 0.225 e. The number of benzene rings is 1. The molecule has 136 valence electrons. The van der Waals surface area contributed by atoms with Crippen LogP contribution >= 0.6 is 0 Å². The number of anilines is 3. The van der Waals surface area contributed by atoms with E-state index in [1.807, 2.05) is 18.2 Å². The first kappa shape index (κ1) is 15.7. The van der Waals surface area contributed by atoms with E-state index in [1.165, 1.54) is 5.69 Å². The molecule has 4 aromatic rings. The molecule has 8 nitrogen and oxygen atoms in total. The highest BCUT2D eigenvalue weighted by Crippen LogP contribution is 2.23. The second kappa shape index (κ2) is 6.31. The predicted molar refractivity (Wildman–Crippen MR) is 104 cm³/mol. The Morgan fingerprint density at radius 3 is 2.41 bits per heavy atom. The van der Waals surface area contributed by atoms with E-state index in [0.717, 1.165) is 32.0 Å². The highest BCUT2D eigenvalue weighted by molar-refractivity contribution is 5.60. The molecule has 27 heavy (non-hydrogen) atoms. The molecule has 1 aromatic carbocycles. The average Bonchev–Trinajstić information content (AvgIpc) is 3.38. The third-order valence-electron chi connectivity index (χ3n) is 4.80. The maximum atomic E-state index is 6.13. The first-order valence-electron chi connectivity index (χ1n) is 8.90. The van der Waals surface area contributed by atoms with Crippen LogP contribution in [0.5, 0.6) is 0 Å². The molecule has 0 amide bonds. The van der Waals surface area contributed by atoms with E-state index in [1.54, 1.807) is 16.8 Å². The van der Waals surface area contributed by atoms with Crippen molar-refractivity contribution in [1.29, 1.82) is 0 Å². The molecule has 0 atom stereocenters. The molecule has 0 aliphatic carbocycles. The Morgan fingerprint density at radius 2 is 1.67 bits per heavy atom. The van der Waals surface area contributed by atoms with Crippen LogP contribution in [0.2, 0.25) is 0 Å². The van der Waals surface area contributed by atoms with Crippen molar-refractivity contribution >= 4 is 23.1 Å². The van der Waals surface area contributed by atoms with E-state index in [-0.39, 0.29) is 0 Å². The third kappa shape index (κ3) is 2.84. The summed E-state index contributed by atoms with van der Waals surface area (Å²) in [5.41, 5.74) is 8.04. The predicted octanol–water partition coefficient (Wildman–Crippen LogP) is 2.29. The van der Waals surface area contributed by atoms with Gasteiger partial charge >= 0.3 is 0 Å². The number of aromatic nitrogens is 4. The average molecular weight is 361 g/mol. The molecule has 0 spiro atoms. The minimum atomic E-state index is 0.318. The van der Waals surface area contributed by atoms with Gasteiger partial charge in [0.1, 0.15) is 5.82 Å². The van der Waals surface area contributed by atoms with Crippen LogP contribution in [0.1, 0.15) is 0 Å². The number of para-hydroxylation sites is 1. The zero-order chi connectivity index (χ0) is 18.2. The minimum Gasteiger partial charge on any atom is -0.461 e. The number of hydrogen-bond acceptors (Lipinski definition) is 7. The van der Waals surface area contributed by atoms with Gasteiger partial charge in [0, 0.05) is 37.9 Å². The van der Waals surface area contributed by atoms with Crippen LogP contribution in [0.3, 0.4) is 0 Å². The lowest BCUT2D eigenvalue weighted by molar-refractivity contribution is 0.577. The Labute approximate surface area is 155 Å². The molecule has 1 aliphatic heterocycles. The Morgan fingerprint density at radius 1 is 0.889 bits per heavy atom. The highest BCUT2D eigenvalue weighted by Gasteiger charge is 2.20. The summed E-state index contributed by atoms with van der Waals surface area (Å²) in [5, 5.41) is 4.39. The Kier molecular flexibility index (Phi) is 3.67. The number of nitrogens with two attached hydrogens (primary N) is 1. The molecule has 1 fully saturated rings. The van der Waals surface area contributed by atoms with Crippen LogP contribution in [-0.2, 0) is 0 Å². The zero-order valence-electron chi connectivity index (χ0n) is 14.7. The van der Waals surface area contributed by atoms with Crippen molar-refractivity contribution in [2.45, 2.75) is 0 Å². The summed E-state index contributed by atoms with van der Waals surface area (Å²) in [4.78, 5) is 13.7. The van der Waals surface area contributed by atoms with Gasteiger partial charge in [0.25, 0.3) is 0 Å². The van der Waals surface area contributed by atoms with Gasteiger partial charge in [0.15, 0.2) is 11.4 Å². The van der Waals surface area contributed by atoms with E-state index in [2.05, 4.69) is 49.1 Å². The van der Waals surface area contributed by atoms with Gasteiger partial charge < -0.3 is 20.0 Å². The molecule has 3 aromatic heterocycles. The van der Waals surface area contributed by atoms with Crippen LogP contribution in [0.25, 0.3) is 17.2 Å². The Hall–Kier alpha value is -3.55. The van der Waals surface area contributed by atoms with E-state index in [0.29, 0.717) is 23.2 Å². The lowest BCUT2D eigenvalue weighted by atomic mass is 10.2. The molecular formula is C19H19N7O. The van der Waals surface area contributed by atoms with Gasteiger partial charge in [-0.3, -0.25) is 0 Å². The molecule has 1 aliphatic rings. The van der Waals surface area contributed by atoms with Gasteiger partial charge in [0.05, 0.1) is 6.26 Å². The fourth-order valence-electron chi connectivity index (χ4n) is 3.40. The largest absolute Gasteiger partial charge is 0.461 e. The number of furan rings is 1. The second-order valence-corrected chi connectivity index (χ2v) is 6.46. The van der Waals surface area contributed by atoms with Crippen LogP contribution in [0.15, 0.2) is 59.2 Å². The fraction of sp³-hybridized carbons (Fsp3) is 0.211. The molecule has 8 heteroatoms. The normalized spacial score (nSPS) is 14.8. The number of hydrogen-bond donors (Lipinski definition) is 1. The number of fused-ring (bicyclic) bond motifs is 1. The van der Waals surface area contributed by atoms with Crippen molar-refractivity contribution in [2.75, 3.05) is 41.7 Å². The first-order chi connectivity index (χ1) is 13.3. The summed E-state index contributed by atoms with van der Waals surface area (Å²) in [7, 11) is 0. The molecule has 1 saturated heterocycles. The molecule has 5 rings (SSSR count). The van der Waals surface area contributed by atoms with Crippen LogP contribution in [0, 0.1) is 0 Å². The lowest BCUT2D eigenvalue weighted by Crippen LogP contribution is -2.46. The Balaban J connectivity index is 1.39. The molecule has 2 N–H and O–H groups in total. The third-order valence-corrected chi connectivity index (χ3v) is 4.80. The van der Waals surface area contributed by atoms with E-state index in [4.69, 9.17) is 10.2 Å². The number of rotatable bonds is 3. The molecule has 4 heterocycles. The zero-order valence-corrected chi connectivity index (χ0v) is 14.7. The maximum absolute atomic E-state index is 6.13. The van der Waals surface area contributed by atoms with Crippen LogP contribution < -0.4 is 15.5 Å². The van der Waals surface area contributed by atoms with Crippen molar-refractivity contribution in [1.82, 2.24) is 19.6 Å². The van der Waals surface area contributed by atoms with Crippen molar-refractivity contribution < 1.29 is 4.42 Å². The van der Waals surface area contributed by atoms with Crippen molar-refractivity contribution in [3.63, 3.8) is 0 Å². The maximum Gasteiger partial charge on any atom is 0.225 e. The van der Waals surface area contributed by atoms with Gasteiger partial charge in [0.2, 0.25) is 11.8 Å². The van der Waals surface area contributed by atoms with Crippen molar-refractivity contribution in [3.05, 3.63) is 54.8 Å². The monoisotopic (exact) mass is 361 g/mol. The van der Waals surface area contributed by atoms with Crippen molar-refractivity contribution in [3.8, 4) is 11.6 Å². The van der Waals surface area contributed by atoms with E-state index < -0.39 is 0 Å². The van der Waals surface area contributed by atoms with Gasteiger partial charge in [-0.2, -0.15) is 9.50 Å². The van der Waals surface area contributed by atoms with Gasteiger partial charge in [-0.1, -0.05) is 18.2 Å². The second-order valence-electron chi connectivity index (χ2n) is 6.46. The summed E-state index contributed by atoms with van der Waals surface area (Å²) in [6.45, 7) is 3.61. The number of nitrogens with zero attached hydrogens (tertiary/aromatic N) is 6. The molecule has 0 saturated carbocycles. The van der Waals surface area contributed by atoms with Gasteiger partial charge in [-0.05, 0) is 24.3 Å². The van der Waals surface area contributed by atoms with Crippen molar-refractivity contribution in [2.24, 2.45) is 0 Å².